The van der Waals surface area contributed by atoms with E-state index < -0.39 is 36.4 Å². The maximum Gasteiger partial charge on any atom is 0.338 e. The lowest BCUT2D eigenvalue weighted by Crippen LogP contribution is -2.40. The van der Waals surface area contributed by atoms with Crippen LogP contribution < -0.4 is 0 Å². The first-order valence-electron chi connectivity index (χ1n) is 8.78. The number of esters is 2. The smallest absolute Gasteiger partial charge is 0.338 e. The van der Waals surface area contributed by atoms with Crippen LogP contribution in [0.4, 0.5) is 0 Å². The number of carbonyl (C=O) groups excluding carboxylic acids is 2. The lowest BCUT2D eigenvalue weighted by Gasteiger charge is -2.23. The van der Waals surface area contributed by atoms with Gasteiger partial charge in [0.05, 0.1) is 23.8 Å². The fourth-order valence-corrected chi connectivity index (χ4v) is 3.01. The summed E-state index contributed by atoms with van der Waals surface area (Å²) in [5.41, 5.74) is 9.34. The van der Waals surface area contributed by atoms with Crippen molar-refractivity contribution in [3.8, 4) is 0 Å². The number of hydrogen-bond donors (Lipinski definition) is 0. The van der Waals surface area contributed by atoms with Gasteiger partial charge in [0, 0.05) is 4.91 Å². The molecule has 1 saturated heterocycles. The van der Waals surface area contributed by atoms with Crippen LogP contribution in [0.2, 0.25) is 0 Å². The average molecular weight is 381 g/mol. The van der Waals surface area contributed by atoms with Crippen LogP contribution in [0.25, 0.3) is 10.4 Å². The molecule has 4 atom stereocenters. The van der Waals surface area contributed by atoms with E-state index in [4.69, 9.17) is 19.7 Å². The number of azide groups is 1. The third-order valence-electron chi connectivity index (χ3n) is 4.37. The lowest BCUT2D eigenvalue weighted by atomic mass is 10.1. The van der Waals surface area contributed by atoms with Crippen molar-refractivity contribution in [3.05, 3.63) is 82.2 Å². The number of rotatable bonds is 6. The van der Waals surface area contributed by atoms with Crippen molar-refractivity contribution < 1.29 is 23.8 Å². The van der Waals surface area contributed by atoms with Gasteiger partial charge in [0.1, 0.15) is 6.10 Å². The molecular weight excluding hydrogens is 362 g/mol. The highest BCUT2D eigenvalue weighted by Crippen LogP contribution is 2.28. The predicted molar refractivity (Wildman–Crippen MR) is 99.6 cm³/mol. The SMILES string of the molecule is C[C@@H]1O[C@H](CN=[N+]=[N-])[C@H](OC(=O)c2ccccc2)C1OC(=O)c1ccccc1. The van der Waals surface area contributed by atoms with Crippen LogP contribution in [-0.2, 0) is 14.2 Å². The van der Waals surface area contributed by atoms with Crippen molar-refractivity contribution in [3.63, 3.8) is 0 Å². The van der Waals surface area contributed by atoms with E-state index in [1.165, 1.54) is 0 Å². The van der Waals surface area contributed by atoms with Crippen LogP contribution in [0.15, 0.2) is 65.8 Å². The van der Waals surface area contributed by atoms with E-state index in [1.807, 2.05) is 0 Å². The summed E-state index contributed by atoms with van der Waals surface area (Å²) in [6.07, 6.45) is -2.99. The second kappa shape index (κ2) is 9.03. The molecule has 0 radical (unpaired) electrons. The van der Waals surface area contributed by atoms with Gasteiger partial charge in [0.25, 0.3) is 0 Å². The van der Waals surface area contributed by atoms with Crippen LogP contribution in [0.5, 0.6) is 0 Å². The molecule has 2 aromatic carbocycles. The molecule has 3 rings (SSSR count). The Morgan fingerprint density at radius 2 is 1.46 bits per heavy atom. The molecule has 144 valence electrons. The molecule has 1 unspecified atom stereocenters. The molecule has 1 heterocycles. The number of benzene rings is 2. The van der Waals surface area contributed by atoms with Crippen molar-refractivity contribution in [1.82, 2.24) is 0 Å². The van der Waals surface area contributed by atoms with Gasteiger partial charge in [-0.2, -0.15) is 0 Å². The fourth-order valence-electron chi connectivity index (χ4n) is 3.01. The Balaban J connectivity index is 1.80. The van der Waals surface area contributed by atoms with E-state index in [9.17, 15) is 9.59 Å². The zero-order valence-electron chi connectivity index (χ0n) is 15.2. The molecule has 0 aromatic heterocycles. The summed E-state index contributed by atoms with van der Waals surface area (Å²) in [4.78, 5) is 27.7. The fraction of sp³-hybridized carbons (Fsp3) is 0.300. The van der Waals surface area contributed by atoms with Gasteiger partial charge < -0.3 is 14.2 Å². The molecule has 8 heteroatoms. The van der Waals surface area contributed by atoms with Gasteiger partial charge in [-0.15, -0.1) is 0 Å². The summed E-state index contributed by atoms with van der Waals surface area (Å²) in [5.74, 6) is -1.12. The van der Waals surface area contributed by atoms with Crippen molar-refractivity contribution in [1.29, 1.82) is 0 Å². The summed E-state index contributed by atoms with van der Waals surface area (Å²) in [6, 6.07) is 17.0. The van der Waals surface area contributed by atoms with E-state index in [2.05, 4.69) is 10.0 Å². The quantitative estimate of drug-likeness (QED) is 0.329. The third-order valence-corrected chi connectivity index (χ3v) is 4.37. The first-order valence-corrected chi connectivity index (χ1v) is 8.78. The summed E-state index contributed by atoms with van der Waals surface area (Å²) in [7, 11) is 0. The van der Waals surface area contributed by atoms with Crippen molar-refractivity contribution in [2.45, 2.75) is 31.3 Å². The minimum atomic E-state index is -0.902. The van der Waals surface area contributed by atoms with Crippen LogP contribution in [0.1, 0.15) is 27.6 Å². The van der Waals surface area contributed by atoms with Gasteiger partial charge in [-0.25, -0.2) is 9.59 Å². The molecule has 1 aliphatic heterocycles. The van der Waals surface area contributed by atoms with Gasteiger partial charge in [-0.3, -0.25) is 0 Å². The van der Waals surface area contributed by atoms with Crippen LogP contribution in [0.3, 0.4) is 0 Å². The topological polar surface area (TPSA) is 111 Å². The minimum absolute atomic E-state index is 0.0486. The monoisotopic (exact) mass is 381 g/mol. The lowest BCUT2D eigenvalue weighted by molar-refractivity contribution is -0.0297. The Bertz CT molecular complexity index is 868. The Morgan fingerprint density at radius 1 is 0.964 bits per heavy atom. The Morgan fingerprint density at radius 3 is 1.96 bits per heavy atom. The molecule has 2 aromatic rings. The summed E-state index contributed by atoms with van der Waals surface area (Å²) in [5, 5.41) is 3.51. The second-order valence-corrected chi connectivity index (χ2v) is 6.26. The Labute approximate surface area is 161 Å². The van der Waals surface area contributed by atoms with Crippen molar-refractivity contribution in [2.75, 3.05) is 6.54 Å². The van der Waals surface area contributed by atoms with E-state index >= 15 is 0 Å². The normalized spacial score (nSPS) is 23.5. The minimum Gasteiger partial charge on any atom is -0.452 e. The van der Waals surface area contributed by atoms with Gasteiger partial charge in [0.2, 0.25) is 0 Å². The maximum atomic E-state index is 12.5. The number of nitrogens with zero attached hydrogens (tertiary/aromatic N) is 3. The van der Waals surface area contributed by atoms with Crippen LogP contribution in [0, 0.1) is 0 Å². The van der Waals surface area contributed by atoms with Crippen LogP contribution >= 0.6 is 0 Å². The Kier molecular flexibility index (Phi) is 6.26. The third kappa shape index (κ3) is 4.49. The van der Waals surface area contributed by atoms with E-state index in [-0.39, 0.29) is 6.54 Å². The molecule has 1 fully saturated rings. The zero-order valence-corrected chi connectivity index (χ0v) is 15.2. The van der Waals surface area contributed by atoms with Crippen molar-refractivity contribution >= 4 is 11.9 Å². The van der Waals surface area contributed by atoms with Gasteiger partial charge in [-0.1, -0.05) is 41.5 Å². The van der Waals surface area contributed by atoms with Crippen molar-refractivity contribution in [2.24, 2.45) is 5.11 Å². The molecule has 0 saturated carbocycles. The highest BCUT2D eigenvalue weighted by molar-refractivity contribution is 5.90. The molecule has 0 amide bonds. The zero-order chi connectivity index (χ0) is 19.9. The maximum absolute atomic E-state index is 12.5. The summed E-state index contributed by atoms with van der Waals surface area (Å²) < 4.78 is 16.9. The second-order valence-electron chi connectivity index (χ2n) is 6.26. The molecule has 8 nitrogen and oxygen atoms in total. The first-order chi connectivity index (χ1) is 13.6. The van der Waals surface area contributed by atoms with Crippen LogP contribution in [-0.4, -0.2) is 42.9 Å². The van der Waals surface area contributed by atoms with Gasteiger partial charge in [0.15, 0.2) is 12.2 Å². The Hall–Kier alpha value is -3.35. The number of ether oxygens (including phenoxy) is 3. The van der Waals surface area contributed by atoms with E-state index in [0.717, 1.165) is 0 Å². The highest BCUT2D eigenvalue weighted by Gasteiger charge is 2.47. The highest BCUT2D eigenvalue weighted by atomic mass is 16.6. The summed E-state index contributed by atoms with van der Waals surface area (Å²) >= 11 is 0. The predicted octanol–water partition coefficient (Wildman–Crippen LogP) is 3.54. The largest absolute Gasteiger partial charge is 0.452 e. The number of carbonyl (C=O) groups is 2. The molecule has 1 aliphatic rings. The average Bonchev–Trinajstić information content (AvgIpc) is 3.02. The number of hydrogen-bond acceptors (Lipinski definition) is 6. The molecule has 0 spiro atoms. The molecule has 28 heavy (non-hydrogen) atoms. The first kappa shape index (κ1) is 19.4. The molecule has 0 aliphatic carbocycles. The van der Waals surface area contributed by atoms with E-state index in [0.29, 0.717) is 11.1 Å². The van der Waals surface area contributed by atoms with Gasteiger partial charge in [-0.05, 0) is 36.7 Å². The molecular formula is C20H19N3O5. The summed E-state index contributed by atoms with van der Waals surface area (Å²) in [6.45, 7) is 1.66. The molecule has 0 bridgehead atoms. The van der Waals surface area contributed by atoms with Gasteiger partial charge >= 0.3 is 11.9 Å². The van der Waals surface area contributed by atoms with E-state index in [1.54, 1.807) is 67.6 Å². The standard InChI is InChI=1S/C20H19N3O5/c1-13-17(27-19(24)14-8-4-2-5-9-14)18(16(26-13)12-22-23-21)28-20(25)15-10-6-3-7-11-15/h2-11,13,16-18H,12H2,1H3/t13-,16+,17?,18-/m0/s1. The molecule has 0 N–H and O–H groups in total.